The number of likely N-dealkylation sites (N-methyl/N-ethyl adjacent to an activating group) is 1. The van der Waals surface area contributed by atoms with Gasteiger partial charge in [0.05, 0.1) is 21.4 Å². The fourth-order valence-corrected chi connectivity index (χ4v) is 4.44. The number of aliphatic imine (C=N–C) groups is 1. The lowest BCUT2D eigenvalue weighted by atomic mass is 10.00. The number of carbonyl (C=O) groups excluding carboxylic acids is 1. The van der Waals surface area contributed by atoms with Gasteiger partial charge in [-0.05, 0) is 54.7 Å². The van der Waals surface area contributed by atoms with Gasteiger partial charge in [0.2, 0.25) is 6.17 Å². The summed E-state index contributed by atoms with van der Waals surface area (Å²) in [5.41, 5.74) is 3.24. The number of amides is 1. The molecule has 0 radical (unpaired) electrons. The number of halogens is 4. The van der Waals surface area contributed by atoms with Crippen LogP contribution in [-0.2, 0) is 4.79 Å². The zero-order chi connectivity index (χ0) is 24.6. The number of rotatable bonds is 3. The van der Waals surface area contributed by atoms with Crippen LogP contribution in [-0.4, -0.2) is 37.0 Å². The highest BCUT2D eigenvalue weighted by atomic mass is 35.5. The van der Waals surface area contributed by atoms with Crippen molar-refractivity contribution in [1.82, 2.24) is 5.32 Å². The molecule has 0 aliphatic carbocycles. The Balaban J connectivity index is 1.76. The van der Waals surface area contributed by atoms with Crippen molar-refractivity contribution in [2.75, 3.05) is 23.9 Å². The van der Waals surface area contributed by atoms with Gasteiger partial charge in [-0.15, -0.1) is 0 Å². The number of anilines is 2. The second-order valence-electron chi connectivity index (χ2n) is 7.53. The third-order valence-electron chi connectivity index (χ3n) is 5.38. The number of thiocarbonyl (C=S) groups is 1. The molecule has 0 saturated carbocycles. The highest BCUT2D eigenvalue weighted by molar-refractivity contribution is 7.80. The average molecular weight is 552 g/mol. The summed E-state index contributed by atoms with van der Waals surface area (Å²) in [6, 6.07) is 17.7. The molecular weight excluding hydrogens is 534 g/mol. The maximum absolute atomic E-state index is 13.4. The summed E-state index contributed by atoms with van der Waals surface area (Å²) in [6.07, 6.45) is -1.01. The van der Waals surface area contributed by atoms with Crippen LogP contribution < -0.4 is 15.1 Å². The maximum Gasteiger partial charge on any atom is 0.272 e. The third kappa shape index (κ3) is 4.88. The van der Waals surface area contributed by atoms with E-state index < -0.39 is 6.17 Å². The van der Waals surface area contributed by atoms with Crippen molar-refractivity contribution in [3.63, 3.8) is 0 Å². The zero-order valence-corrected chi connectivity index (χ0v) is 21.9. The lowest BCUT2D eigenvalue weighted by molar-refractivity contribution is -0.119. The van der Waals surface area contributed by atoms with E-state index in [-0.39, 0.29) is 11.0 Å². The molecule has 1 atom stereocenters. The molecule has 5 nitrogen and oxygen atoms in total. The van der Waals surface area contributed by atoms with Crippen molar-refractivity contribution < 1.29 is 4.79 Å². The number of benzodiazepines with no additional fused rings is 1. The highest BCUT2D eigenvalue weighted by Gasteiger charge is 2.31. The third-order valence-corrected chi connectivity index (χ3v) is 7.08. The Morgan fingerprint density at radius 1 is 0.971 bits per heavy atom. The summed E-state index contributed by atoms with van der Waals surface area (Å²) >= 11 is 30.6. The van der Waals surface area contributed by atoms with Gasteiger partial charge in [0.15, 0.2) is 5.11 Å². The molecule has 0 fully saturated rings. The quantitative estimate of drug-likeness (QED) is 0.380. The van der Waals surface area contributed by atoms with Gasteiger partial charge < -0.3 is 15.1 Å². The topological polar surface area (TPSA) is 47.9 Å². The molecule has 1 N–H and O–H groups in total. The molecule has 174 valence electrons. The lowest BCUT2D eigenvalue weighted by Crippen LogP contribution is -2.49. The molecule has 0 aromatic heterocycles. The SMILES string of the molecule is CN(C(=S)NC1N=C(c2ccccc2Cl)c2cc(Cl)ccc2N(C)C1=O)c1ccc(Cl)c(Cl)c1. The van der Waals surface area contributed by atoms with Crippen LogP contribution in [0.4, 0.5) is 11.4 Å². The number of nitrogens with zero attached hydrogens (tertiary/aromatic N) is 3. The van der Waals surface area contributed by atoms with Crippen molar-refractivity contribution in [1.29, 1.82) is 0 Å². The van der Waals surface area contributed by atoms with Crippen molar-refractivity contribution in [2.45, 2.75) is 6.17 Å². The van der Waals surface area contributed by atoms with Gasteiger partial charge in [0, 0.05) is 41.0 Å². The first-order chi connectivity index (χ1) is 16.2. The van der Waals surface area contributed by atoms with E-state index in [0.29, 0.717) is 48.3 Å². The number of hydrogen-bond donors (Lipinski definition) is 1. The minimum Gasteiger partial charge on any atom is -0.333 e. The molecule has 0 bridgehead atoms. The first-order valence-corrected chi connectivity index (χ1v) is 12.0. The first kappa shape index (κ1) is 24.8. The molecule has 34 heavy (non-hydrogen) atoms. The Morgan fingerprint density at radius 2 is 1.71 bits per heavy atom. The van der Waals surface area contributed by atoms with E-state index >= 15 is 0 Å². The molecule has 1 unspecified atom stereocenters. The van der Waals surface area contributed by atoms with E-state index in [1.807, 2.05) is 18.2 Å². The molecule has 1 amide bonds. The minimum absolute atomic E-state index is 0.274. The van der Waals surface area contributed by atoms with Crippen molar-refractivity contribution >= 4 is 86.7 Å². The van der Waals surface area contributed by atoms with E-state index in [4.69, 9.17) is 63.6 Å². The summed E-state index contributed by atoms with van der Waals surface area (Å²) in [7, 11) is 3.44. The molecule has 0 saturated heterocycles. The van der Waals surface area contributed by atoms with E-state index in [1.165, 1.54) is 4.90 Å². The van der Waals surface area contributed by atoms with Crippen LogP contribution in [0.25, 0.3) is 0 Å². The van der Waals surface area contributed by atoms with Gasteiger partial charge in [-0.3, -0.25) is 4.79 Å². The molecule has 0 spiro atoms. The molecule has 1 heterocycles. The predicted molar refractivity (Wildman–Crippen MR) is 146 cm³/mol. The number of fused-ring (bicyclic) bond motifs is 1. The van der Waals surface area contributed by atoms with Crippen molar-refractivity contribution in [3.05, 3.63) is 91.9 Å². The Morgan fingerprint density at radius 3 is 2.41 bits per heavy atom. The van der Waals surface area contributed by atoms with Gasteiger partial charge in [-0.1, -0.05) is 64.6 Å². The van der Waals surface area contributed by atoms with Crippen LogP contribution in [0.15, 0.2) is 65.7 Å². The zero-order valence-electron chi connectivity index (χ0n) is 18.0. The number of benzene rings is 3. The van der Waals surface area contributed by atoms with Crippen LogP contribution >= 0.6 is 58.6 Å². The van der Waals surface area contributed by atoms with E-state index in [9.17, 15) is 4.79 Å². The number of hydrogen-bond acceptors (Lipinski definition) is 3. The normalized spacial score (nSPS) is 15.4. The standard InChI is InChI=1S/C24H18Cl4N4OS/c1-31(14-8-9-18(27)19(28)12-14)24(34)30-22-23(33)32(2)20-10-7-13(25)11-16(20)21(29-22)15-5-3-4-6-17(15)26/h3-12,22H,1-2H3,(H,30,34). The fourth-order valence-electron chi connectivity index (χ4n) is 3.53. The molecule has 1 aliphatic heterocycles. The Hall–Kier alpha value is -2.35. The first-order valence-electron chi connectivity index (χ1n) is 10.1. The fraction of sp³-hybridized carbons (Fsp3) is 0.125. The van der Waals surface area contributed by atoms with Crippen LogP contribution in [0, 0.1) is 0 Å². The summed E-state index contributed by atoms with van der Waals surface area (Å²) in [5, 5.41) is 5.18. The van der Waals surface area contributed by atoms with Gasteiger partial charge in [0.1, 0.15) is 0 Å². The summed E-state index contributed by atoms with van der Waals surface area (Å²) in [6.45, 7) is 0. The van der Waals surface area contributed by atoms with E-state index in [1.54, 1.807) is 61.5 Å². The largest absolute Gasteiger partial charge is 0.333 e. The van der Waals surface area contributed by atoms with Gasteiger partial charge in [-0.25, -0.2) is 4.99 Å². The lowest BCUT2D eigenvalue weighted by Gasteiger charge is -2.26. The van der Waals surface area contributed by atoms with E-state index in [2.05, 4.69) is 5.32 Å². The summed E-state index contributed by atoms with van der Waals surface area (Å²) in [5.74, 6) is -0.296. The molecular formula is C24H18Cl4N4OS. The van der Waals surface area contributed by atoms with Crippen molar-refractivity contribution in [3.8, 4) is 0 Å². The van der Waals surface area contributed by atoms with Gasteiger partial charge >= 0.3 is 0 Å². The molecule has 4 rings (SSSR count). The minimum atomic E-state index is -1.01. The maximum atomic E-state index is 13.4. The number of nitrogens with one attached hydrogen (secondary N) is 1. The van der Waals surface area contributed by atoms with Gasteiger partial charge in [0.25, 0.3) is 5.91 Å². The van der Waals surface area contributed by atoms with Crippen LogP contribution in [0.3, 0.4) is 0 Å². The molecule has 1 aliphatic rings. The van der Waals surface area contributed by atoms with E-state index in [0.717, 1.165) is 0 Å². The van der Waals surface area contributed by atoms with Gasteiger partial charge in [-0.2, -0.15) is 0 Å². The van der Waals surface area contributed by atoms with Crippen molar-refractivity contribution in [2.24, 2.45) is 4.99 Å². The summed E-state index contributed by atoms with van der Waals surface area (Å²) < 4.78 is 0. The monoisotopic (exact) mass is 550 g/mol. The average Bonchev–Trinajstić information content (AvgIpc) is 2.91. The number of carbonyl (C=O) groups is 1. The molecule has 10 heteroatoms. The second kappa shape index (κ2) is 10.1. The van der Waals surface area contributed by atoms with Crippen LogP contribution in [0.1, 0.15) is 11.1 Å². The predicted octanol–water partition coefficient (Wildman–Crippen LogP) is 6.45. The van der Waals surface area contributed by atoms with Crippen LogP contribution in [0.5, 0.6) is 0 Å². The Kier molecular flexibility index (Phi) is 7.36. The highest BCUT2D eigenvalue weighted by Crippen LogP contribution is 2.32. The summed E-state index contributed by atoms with van der Waals surface area (Å²) in [4.78, 5) is 21.4. The van der Waals surface area contributed by atoms with Crippen LogP contribution in [0.2, 0.25) is 20.1 Å². The second-order valence-corrected chi connectivity index (χ2v) is 9.57. The smallest absolute Gasteiger partial charge is 0.272 e. The molecule has 3 aromatic rings. The Bertz CT molecular complexity index is 1330. The Labute approximate surface area is 222 Å². The molecule has 3 aromatic carbocycles.